The van der Waals surface area contributed by atoms with Gasteiger partial charge in [-0.15, -0.1) is 0 Å². The van der Waals surface area contributed by atoms with E-state index in [9.17, 15) is 4.79 Å². The topological polar surface area (TPSA) is 38.3 Å². The van der Waals surface area contributed by atoms with Crippen LogP contribution in [0.15, 0.2) is 30.3 Å². The van der Waals surface area contributed by atoms with E-state index in [1.807, 2.05) is 39.0 Å². The Morgan fingerprint density at radius 1 is 0.920 bits per heavy atom. The van der Waals surface area contributed by atoms with E-state index in [1.165, 1.54) is 5.56 Å². The summed E-state index contributed by atoms with van der Waals surface area (Å²) >= 11 is 0. The lowest BCUT2D eigenvalue weighted by molar-refractivity contribution is 0.0939. The van der Waals surface area contributed by atoms with Crippen LogP contribution in [0.4, 0.5) is 0 Å². The average molecular weight is 339 g/mol. The van der Waals surface area contributed by atoms with Crippen LogP contribution in [0, 0.1) is 20.8 Å². The first kappa shape index (κ1) is 19.0. The van der Waals surface area contributed by atoms with Gasteiger partial charge in [0.1, 0.15) is 5.75 Å². The monoisotopic (exact) mass is 339 g/mol. The Bertz CT molecular complexity index is 778. The van der Waals surface area contributed by atoms with Crippen LogP contribution in [0.2, 0.25) is 0 Å². The Hall–Kier alpha value is -2.29. The standard InChI is InChI=1S/C22H29NO2/c1-13(2)19-12-20(16(5)11-21(19)25-7)17(6)23-22(24)18-9-8-14(3)15(4)10-18/h8-13,17H,1-7H3,(H,23,24)/t17-/m1/s1. The fourth-order valence-corrected chi connectivity index (χ4v) is 3.05. The molecule has 25 heavy (non-hydrogen) atoms. The van der Waals surface area contributed by atoms with E-state index in [2.05, 4.69) is 38.2 Å². The van der Waals surface area contributed by atoms with Crippen LogP contribution < -0.4 is 10.1 Å². The molecule has 134 valence electrons. The summed E-state index contributed by atoms with van der Waals surface area (Å²) in [6.45, 7) is 12.5. The van der Waals surface area contributed by atoms with E-state index in [0.717, 1.165) is 28.0 Å². The van der Waals surface area contributed by atoms with E-state index in [4.69, 9.17) is 4.74 Å². The molecule has 0 aliphatic carbocycles. The van der Waals surface area contributed by atoms with Gasteiger partial charge in [0.25, 0.3) is 5.91 Å². The van der Waals surface area contributed by atoms with Crippen molar-refractivity contribution < 1.29 is 9.53 Å². The van der Waals surface area contributed by atoms with E-state index in [1.54, 1.807) is 7.11 Å². The summed E-state index contributed by atoms with van der Waals surface area (Å²) in [7, 11) is 1.70. The van der Waals surface area contributed by atoms with Crippen molar-refractivity contribution in [2.75, 3.05) is 7.11 Å². The lowest BCUT2D eigenvalue weighted by Gasteiger charge is -2.21. The largest absolute Gasteiger partial charge is 0.496 e. The highest BCUT2D eigenvalue weighted by Crippen LogP contribution is 2.32. The molecule has 1 atom stereocenters. The zero-order valence-electron chi connectivity index (χ0n) is 16.4. The molecule has 2 aromatic rings. The minimum absolute atomic E-state index is 0.0445. The number of amides is 1. The first-order valence-corrected chi connectivity index (χ1v) is 8.81. The number of carbonyl (C=O) groups is 1. The van der Waals surface area contributed by atoms with E-state index in [0.29, 0.717) is 11.5 Å². The number of benzene rings is 2. The summed E-state index contributed by atoms with van der Waals surface area (Å²) < 4.78 is 5.51. The summed E-state index contributed by atoms with van der Waals surface area (Å²) in [5.41, 5.74) is 6.43. The molecule has 0 unspecified atom stereocenters. The molecular weight excluding hydrogens is 310 g/mol. The van der Waals surface area contributed by atoms with Gasteiger partial charge in [0.2, 0.25) is 0 Å². The van der Waals surface area contributed by atoms with Crippen molar-refractivity contribution in [3.63, 3.8) is 0 Å². The zero-order chi connectivity index (χ0) is 18.7. The molecule has 3 nitrogen and oxygen atoms in total. The number of rotatable bonds is 5. The van der Waals surface area contributed by atoms with Crippen molar-refractivity contribution in [3.8, 4) is 5.75 Å². The second kappa shape index (κ2) is 7.73. The maximum atomic E-state index is 12.6. The summed E-state index contributed by atoms with van der Waals surface area (Å²) in [5, 5.41) is 3.12. The fraction of sp³-hybridized carbons (Fsp3) is 0.409. The molecule has 0 spiro atoms. The third-order valence-corrected chi connectivity index (χ3v) is 4.82. The maximum Gasteiger partial charge on any atom is 0.251 e. The number of ether oxygens (including phenoxy) is 1. The van der Waals surface area contributed by atoms with E-state index in [-0.39, 0.29) is 11.9 Å². The van der Waals surface area contributed by atoms with Gasteiger partial charge in [0.05, 0.1) is 13.2 Å². The number of hydrogen-bond donors (Lipinski definition) is 1. The van der Waals surface area contributed by atoms with Gasteiger partial charge >= 0.3 is 0 Å². The molecule has 2 aromatic carbocycles. The maximum absolute atomic E-state index is 12.6. The number of aryl methyl sites for hydroxylation is 3. The molecule has 2 rings (SSSR count). The second-order valence-corrected chi connectivity index (χ2v) is 7.10. The quantitative estimate of drug-likeness (QED) is 0.809. The summed E-state index contributed by atoms with van der Waals surface area (Å²) in [6, 6.07) is 9.96. The third-order valence-electron chi connectivity index (χ3n) is 4.82. The third kappa shape index (κ3) is 4.22. The molecule has 1 amide bonds. The molecule has 0 saturated heterocycles. The van der Waals surface area contributed by atoms with Gasteiger partial charge in [-0.05, 0) is 85.7 Å². The molecule has 0 bridgehead atoms. The van der Waals surface area contributed by atoms with Gasteiger partial charge in [-0.1, -0.05) is 19.9 Å². The van der Waals surface area contributed by atoms with Crippen LogP contribution in [0.3, 0.4) is 0 Å². The first-order valence-electron chi connectivity index (χ1n) is 8.81. The van der Waals surface area contributed by atoms with Crippen LogP contribution in [0.25, 0.3) is 0 Å². The molecule has 0 aliphatic heterocycles. The molecule has 0 heterocycles. The lowest BCUT2D eigenvalue weighted by Crippen LogP contribution is -2.27. The Morgan fingerprint density at radius 3 is 2.16 bits per heavy atom. The van der Waals surface area contributed by atoms with Gasteiger partial charge in [-0.25, -0.2) is 0 Å². The minimum atomic E-state index is -0.0717. The molecule has 0 saturated carbocycles. The molecule has 0 radical (unpaired) electrons. The number of methoxy groups -OCH3 is 1. The zero-order valence-corrected chi connectivity index (χ0v) is 16.4. The minimum Gasteiger partial charge on any atom is -0.496 e. The van der Waals surface area contributed by atoms with E-state index >= 15 is 0 Å². The Morgan fingerprint density at radius 2 is 1.60 bits per heavy atom. The van der Waals surface area contributed by atoms with Crippen molar-refractivity contribution in [2.24, 2.45) is 0 Å². The predicted octanol–water partition coefficient (Wildman–Crippen LogP) is 5.23. The highest BCUT2D eigenvalue weighted by atomic mass is 16.5. The van der Waals surface area contributed by atoms with Crippen molar-refractivity contribution >= 4 is 5.91 Å². The van der Waals surface area contributed by atoms with Crippen LogP contribution >= 0.6 is 0 Å². The average Bonchev–Trinajstić information content (AvgIpc) is 2.56. The van der Waals surface area contributed by atoms with Crippen LogP contribution in [0.5, 0.6) is 5.75 Å². The molecule has 0 aliphatic rings. The number of carbonyl (C=O) groups excluding carboxylic acids is 1. The molecular formula is C22H29NO2. The van der Waals surface area contributed by atoms with Gasteiger partial charge in [0, 0.05) is 5.56 Å². The Labute approximate surface area is 151 Å². The fourth-order valence-electron chi connectivity index (χ4n) is 3.05. The number of hydrogen-bond acceptors (Lipinski definition) is 2. The number of nitrogens with one attached hydrogen (secondary N) is 1. The van der Waals surface area contributed by atoms with Crippen molar-refractivity contribution in [1.82, 2.24) is 5.32 Å². The van der Waals surface area contributed by atoms with Gasteiger partial charge in [-0.3, -0.25) is 4.79 Å². The van der Waals surface area contributed by atoms with Gasteiger partial charge in [0.15, 0.2) is 0 Å². The highest BCUT2D eigenvalue weighted by molar-refractivity contribution is 5.94. The smallest absolute Gasteiger partial charge is 0.251 e. The SMILES string of the molecule is COc1cc(C)c([C@@H](C)NC(=O)c2ccc(C)c(C)c2)cc1C(C)C. The Balaban J connectivity index is 2.28. The van der Waals surface area contributed by atoms with E-state index < -0.39 is 0 Å². The molecule has 0 fully saturated rings. The summed E-state index contributed by atoms with van der Waals surface area (Å²) in [4.78, 5) is 12.6. The van der Waals surface area contributed by atoms with Crippen molar-refractivity contribution in [1.29, 1.82) is 0 Å². The first-order chi connectivity index (χ1) is 11.7. The second-order valence-electron chi connectivity index (χ2n) is 7.10. The van der Waals surface area contributed by atoms with Crippen LogP contribution in [-0.2, 0) is 0 Å². The predicted molar refractivity (Wildman–Crippen MR) is 104 cm³/mol. The Kier molecular flexibility index (Phi) is 5.89. The van der Waals surface area contributed by atoms with Crippen LogP contribution in [0.1, 0.15) is 70.9 Å². The normalized spacial score (nSPS) is 12.2. The van der Waals surface area contributed by atoms with Crippen molar-refractivity contribution in [3.05, 3.63) is 63.7 Å². The van der Waals surface area contributed by atoms with Gasteiger partial charge < -0.3 is 10.1 Å². The summed E-state index contributed by atoms with van der Waals surface area (Å²) in [6.07, 6.45) is 0. The highest BCUT2D eigenvalue weighted by Gasteiger charge is 2.17. The van der Waals surface area contributed by atoms with Crippen molar-refractivity contribution in [2.45, 2.75) is 53.5 Å². The van der Waals surface area contributed by atoms with Gasteiger partial charge in [-0.2, -0.15) is 0 Å². The molecule has 3 heteroatoms. The molecule has 0 aromatic heterocycles. The van der Waals surface area contributed by atoms with Crippen LogP contribution in [-0.4, -0.2) is 13.0 Å². The summed E-state index contributed by atoms with van der Waals surface area (Å²) in [5.74, 6) is 1.22. The molecule has 1 N–H and O–H groups in total. The lowest BCUT2D eigenvalue weighted by atomic mass is 9.93.